The molecule has 0 fully saturated rings. The molecule has 54 valence electrons. The number of nitrogens with one attached hydrogen (secondary N) is 1. The zero-order chi connectivity index (χ0) is 7.07. The second-order valence-electron chi connectivity index (χ2n) is 1.67. The summed E-state index contributed by atoms with van der Waals surface area (Å²) in [6.45, 7) is 1.99. The van der Waals surface area contributed by atoms with E-state index >= 15 is 0 Å². The Balaban J connectivity index is 0.0000001000. The lowest BCUT2D eigenvalue weighted by Gasteiger charge is -1.75. The minimum Gasteiger partial charge on any atom is -0.452 e. The van der Waals surface area contributed by atoms with Gasteiger partial charge >= 0.3 is 0 Å². The first-order chi connectivity index (χ1) is 5.00. The monoisotopic (exact) mass is 139 g/mol. The summed E-state index contributed by atoms with van der Waals surface area (Å²) in [6, 6.07) is 0. The highest BCUT2D eigenvalue weighted by Crippen LogP contribution is 1.72. The molecular weight excluding hydrogens is 130 g/mol. The van der Waals surface area contributed by atoms with Crippen molar-refractivity contribution in [3.63, 3.8) is 0 Å². The number of rotatable bonds is 0. The van der Waals surface area contributed by atoms with Gasteiger partial charge in [-0.15, -0.1) is 0 Å². The van der Waals surface area contributed by atoms with E-state index in [0.717, 1.165) is 13.1 Å². The molecule has 0 saturated carbocycles. The molecule has 1 aliphatic heterocycles. The smallest absolute Gasteiger partial charge is 0.180 e. The highest BCUT2D eigenvalue weighted by Gasteiger charge is 1.82. The third kappa shape index (κ3) is 2.86. The molecule has 0 radical (unpaired) electrons. The fourth-order valence-corrected chi connectivity index (χ4v) is 0.498. The third-order valence-electron chi connectivity index (χ3n) is 0.915. The molecule has 4 heteroatoms. The average Bonchev–Trinajstić information content (AvgIpc) is 2.67. The largest absolute Gasteiger partial charge is 0.452 e. The predicted molar refractivity (Wildman–Crippen MR) is 37.9 cm³/mol. The molecule has 0 saturated heterocycles. The van der Waals surface area contributed by atoms with Gasteiger partial charge in [0.25, 0.3) is 0 Å². The standard InChI is InChI=1S/C3H6N2.C3H3NO/c2*1-2-5-3-4-1/h3H,1-2H2,(H,4,5);1-3H. The van der Waals surface area contributed by atoms with Crippen molar-refractivity contribution in [2.45, 2.75) is 0 Å². The maximum Gasteiger partial charge on any atom is 0.180 e. The molecule has 2 heterocycles. The molecule has 1 aromatic heterocycles. The van der Waals surface area contributed by atoms with Crippen molar-refractivity contribution in [1.29, 1.82) is 0 Å². The molecular formula is C6H9N3O. The number of aliphatic imine (C=N–C) groups is 1. The minimum atomic E-state index is 0.958. The van der Waals surface area contributed by atoms with E-state index in [0.29, 0.717) is 0 Å². The van der Waals surface area contributed by atoms with Gasteiger partial charge in [0.05, 0.1) is 19.1 Å². The zero-order valence-electron chi connectivity index (χ0n) is 5.53. The van der Waals surface area contributed by atoms with Crippen LogP contribution in [0, 0.1) is 0 Å². The van der Waals surface area contributed by atoms with Crippen LogP contribution < -0.4 is 5.32 Å². The summed E-state index contributed by atoms with van der Waals surface area (Å²) in [5.41, 5.74) is 0. The summed E-state index contributed by atoms with van der Waals surface area (Å²) in [6.07, 6.45) is 6.21. The van der Waals surface area contributed by atoms with Crippen molar-refractivity contribution < 1.29 is 4.42 Å². The second kappa shape index (κ2) is 4.55. The topological polar surface area (TPSA) is 50.4 Å². The molecule has 0 atom stereocenters. The van der Waals surface area contributed by atoms with Crippen molar-refractivity contribution in [1.82, 2.24) is 10.3 Å². The summed E-state index contributed by atoms with van der Waals surface area (Å²) < 4.78 is 4.47. The van der Waals surface area contributed by atoms with E-state index in [1.807, 2.05) is 0 Å². The number of hydrogen-bond acceptors (Lipinski definition) is 4. The zero-order valence-corrected chi connectivity index (χ0v) is 5.53. The van der Waals surface area contributed by atoms with Gasteiger partial charge in [-0.3, -0.25) is 4.99 Å². The summed E-state index contributed by atoms with van der Waals surface area (Å²) in [7, 11) is 0. The Morgan fingerprint density at radius 3 is 2.70 bits per heavy atom. The van der Waals surface area contributed by atoms with Crippen LogP contribution in [0.3, 0.4) is 0 Å². The van der Waals surface area contributed by atoms with Gasteiger partial charge in [0.1, 0.15) is 6.26 Å². The molecule has 0 aliphatic carbocycles. The Morgan fingerprint density at radius 2 is 2.50 bits per heavy atom. The summed E-state index contributed by atoms with van der Waals surface area (Å²) in [5.74, 6) is 0. The van der Waals surface area contributed by atoms with Gasteiger partial charge in [0.2, 0.25) is 0 Å². The van der Waals surface area contributed by atoms with Gasteiger partial charge in [-0.1, -0.05) is 0 Å². The second-order valence-corrected chi connectivity index (χ2v) is 1.67. The fraction of sp³-hybridized carbons (Fsp3) is 0.333. The molecule has 1 N–H and O–H groups in total. The van der Waals surface area contributed by atoms with Crippen molar-refractivity contribution in [2.24, 2.45) is 4.99 Å². The lowest BCUT2D eigenvalue weighted by molar-refractivity contribution is 0.558. The van der Waals surface area contributed by atoms with Crippen molar-refractivity contribution in [2.75, 3.05) is 13.1 Å². The van der Waals surface area contributed by atoms with Crippen LogP contribution in [-0.2, 0) is 0 Å². The highest BCUT2D eigenvalue weighted by molar-refractivity contribution is 5.56. The van der Waals surface area contributed by atoms with Crippen LogP contribution in [0.25, 0.3) is 0 Å². The summed E-state index contributed by atoms with van der Waals surface area (Å²) >= 11 is 0. The Hall–Kier alpha value is -1.32. The van der Waals surface area contributed by atoms with E-state index in [9.17, 15) is 0 Å². The van der Waals surface area contributed by atoms with Crippen molar-refractivity contribution in [3.8, 4) is 0 Å². The lowest BCUT2D eigenvalue weighted by atomic mass is 10.7. The van der Waals surface area contributed by atoms with Crippen LogP contribution in [0.15, 0.2) is 28.3 Å². The van der Waals surface area contributed by atoms with Gasteiger partial charge in [-0.25, -0.2) is 4.98 Å². The van der Waals surface area contributed by atoms with E-state index in [1.54, 1.807) is 12.5 Å². The van der Waals surface area contributed by atoms with Crippen LogP contribution in [0.4, 0.5) is 0 Å². The van der Waals surface area contributed by atoms with E-state index in [-0.39, 0.29) is 0 Å². The normalized spacial score (nSPS) is 13.6. The van der Waals surface area contributed by atoms with Crippen LogP contribution in [-0.4, -0.2) is 24.4 Å². The number of oxazole rings is 1. The maximum atomic E-state index is 4.47. The van der Waals surface area contributed by atoms with E-state index in [1.165, 1.54) is 12.7 Å². The average molecular weight is 139 g/mol. The third-order valence-corrected chi connectivity index (χ3v) is 0.915. The van der Waals surface area contributed by atoms with E-state index in [2.05, 4.69) is 19.7 Å². The van der Waals surface area contributed by atoms with E-state index in [4.69, 9.17) is 0 Å². The van der Waals surface area contributed by atoms with Gasteiger partial charge in [-0.05, 0) is 0 Å². The molecule has 0 spiro atoms. The molecule has 0 amide bonds. The van der Waals surface area contributed by atoms with Crippen molar-refractivity contribution >= 4 is 6.34 Å². The number of hydrogen-bond donors (Lipinski definition) is 1. The summed E-state index contributed by atoms with van der Waals surface area (Å²) in [4.78, 5) is 7.40. The first-order valence-corrected chi connectivity index (χ1v) is 3.04. The van der Waals surface area contributed by atoms with Gasteiger partial charge in [0.15, 0.2) is 6.39 Å². The Bertz CT molecular complexity index is 148. The molecule has 10 heavy (non-hydrogen) atoms. The summed E-state index contributed by atoms with van der Waals surface area (Å²) in [5, 5.41) is 2.93. The predicted octanol–water partition coefficient (Wildman–Crippen LogP) is 0.292. The van der Waals surface area contributed by atoms with Crippen molar-refractivity contribution in [3.05, 3.63) is 18.9 Å². The molecule has 0 aromatic carbocycles. The molecule has 1 aromatic rings. The van der Waals surface area contributed by atoms with E-state index < -0.39 is 0 Å². The maximum absolute atomic E-state index is 4.47. The molecule has 0 bridgehead atoms. The Kier molecular flexibility index (Phi) is 3.09. The van der Waals surface area contributed by atoms with Gasteiger partial charge in [0, 0.05) is 6.54 Å². The van der Waals surface area contributed by atoms with Crippen LogP contribution in [0.5, 0.6) is 0 Å². The first-order valence-electron chi connectivity index (χ1n) is 3.04. The lowest BCUT2D eigenvalue weighted by Crippen LogP contribution is -2.04. The molecule has 2 rings (SSSR count). The van der Waals surface area contributed by atoms with Gasteiger partial charge in [-0.2, -0.15) is 0 Å². The fourth-order valence-electron chi connectivity index (χ4n) is 0.498. The van der Waals surface area contributed by atoms with Crippen LogP contribution in [0.1, 0.15) is 0 Å². The molecule has 0 unspecified atom stereocenters. The quantitative estimate of drug-likeness (QED) is 0.562. The van der Waals surface area contributed by atoms with Crippen LogP contribution in [0.2, 0.25) is 0 Å². The molecule has 4 nitrogen and oxygen atoms in total. The van der Waals surface area contributed by atoms with Crippen LogP contribution >= 0.6 is 0 Å². The minimum absolute atomic E-state index is 0.958. The Morgan fingerprint density at radius 1 is 1.50 bits per heavy atom. The van der Waals surface area contributed by atoms with Gasteiger partial charge < -0.3 is 9.73 Å². The SMILES string of the molecule is C1=NCCN1.c1cocn1. The molecule has 1 aliphatic rings. The number of nitrogens with zero attached hydrogens (tertiary/aromatic N) is 2. The highest BCUT2D eigenvalue weighted by atomic mass is 16.3. The number of aromatic nitrogens is 1. The Labute approximate surface area is 59.0 Å². The first kappa shape index (κ1) is 6.80.